The molecule has 132 valence electrons. The highest BCUT2D eigenvalue weighted by molar-refractivity contribution is 5.29. The summed E-state index contributed by atoms with van der Waals surface area (Å²) in [5, 5.41) is 32.1. The van der Waals surface area contributed by atoms with Crippen molar-refractivity contribution in [2.75, 3.05) is 0 Å². The maximum Gasteiger partial charge on any atom is 0.133 e. The topological polar surface area (TPSA) is 60.7 Å². The van der Waals surface area contributed by atoms with E-state index in [4.69, 9.17) is 6.42 Å². The lowest BCUT2D eigenvalue weighted by Gasteiger charge is -2.55. The van der Waals surface area contributed by atoms with Crippen molar-refractivity contribution >= 4 is 0 Å². The molecule has 4 aliphatic rings. The van der Waals surface area contributed by atoms with Gasteiger partial charge in [-0.15, -0.1) is 6.42 Å². The summed E-state index contributed by atoms with van der Waals surface area (Å²) in [5.41, 5.74) is -0.0952. The summed E-state index contributed by atoms with van der Waals surface area (Å²) in [5.74, 6) is 4.23. The van der Waals surface area contributed by atoms with E-state index in [-0.39, 0.29) is 29.3 Å². The fourth-order valence-corrected chi connectivity index (χ4v) is 6.93. The zero-order chi connectivity index (χ0) is 17.3. The van der Waals surface area contributed by atoms with Crippen molar-refractivity contribution in [2.24, 2.45) is 35.0 Å². The average molecular weight is 330 g/mol. The van der Waals surface area contributed by atoms with Gasteiger partial charge in [0.2, 0.25) is 0 Å². The van der Waals surface area contributed by atoms with E-state index in [9.17, 15) is 15.3 Å². The molecular formula is C21H30O3. The van der Waals surface area contributed by atoms with Gasteiger partial charge in [-0.1, -0.05) is 31.4 Å². The second-order valence-electron chi connectivity index (χ2n) is 9.13. The molecule has 0 spiro atoms. The molecule has 0 aliphatic heterocycles. The van der Waals surface area contributed by atoms with Gasteiger partial charge < -0.3 is 15.3 Å². The van der Waals surface area contributed by atoms with Gasteiger partial charge in [0, 0.05) is 5.41 Å². The van der Waals surface area contributed by atoms with Crippen LogP contribution in [-0.4, -0.2) is 33.1 Å². The number of rotatable bonds is 0. The molecule has 0 heterocycles. The molecule has 0 aromatic carbocycles. The average Bonchev–Trinajstić information content (AvgIpc) is 2.75. The maximum absolute atomic E-state index is 11.2. The van der Waals surface area contributed by atoms with Gasteiger partial charge in [0.05, 0.1) is 12.2 Å². The SMILES string of the molecule is C#C[C@@]1(O)[C@H](C)CC2C3C(CC[C@@]21C)[C@H]1CC[C@@H](O)CC1=C[C@@H]3O. The van der Waals surface area contributed by atoms with Crippen molar-refractivity contribution in [1.29, 1.82) is 0 Å². The van der Waals surface area contributed by atoms with E-state index >= 15 is 0 Å². The van der Waals surface area contributed by atoms with Crippen LogP contribution in [0.5, 0.6) is 0 Å². The van der Waals surface area contributed by atoms with Crippen molar-refractivity contribution in [3.63, 3.8) is 0 Å². The van der Waals surface area contributed by atoms with E-state index in [1.54, 1.807) is 0 Å². The van der Waals surface area contributed by atoms with Crippen LogP contribution >= 0.6 is 0 Å². The first-order valence-electron chi connectivity index (χ1n) is 9.58. The molecule has 3 nitrogen and oxygen atoms in total. The first kappa shape index (κ1) is 16.6. The van der Waals surface area contributed by atoms with Crippen LogP contribution in [-0.2, 0) is 0 Å². The van der Waals surface area contributed by atoms with Gasteiger partial charge >= 0.3 is 0 Å². The molecule has 3 unspecified atom stereocenters. The fraction of sp³-hybridized carbons (Fsp3) is 0.810. The molecule has 24 heavy (non-hydrogen) atoms. The molecule has 4 aliphatic carbocycles. The van der Waals surface area contributed by atoms with E-state index < -0.39 is 11.7 Å². The lowest BCUT2D eigenvalue weighted by molar-refractivity contribution is -0.113. The maximum atomic E-state index is 11.2. The number of hydrogen-bond acceptors (Lipinski definition) is 3. The molecule has 0 saturated heterocycles. The third-order valence-electron chi connectivity index (χ3n) is 8.24. The van der Waals surface area contributed by atoms with E-state index in [1.165, 1.54) is 5.57 Å². The smallest absolute Gasteiger partial charge is 0.133 e. The molecule has 0 aromatic heterocycles. The second kappa shape index (κ2) is 5.34. The summed E-state index contributed by atoms with van der Waals surface area (Å²) in [4.78, 5) is 0. The lowest BCUT2D eigenvalue weighted by Crippen LogP contribution is -2.55. The zero-order valence-corrected chi connectivity index (χ0v) is 14.8. The lowest BCUT2D eigenvalue weighted by atomic mass is 9.50. The summed E-state index contributed by atoms with van der Waals surface area (Å²) >= 11 is 0. The Balaban J connectivity index is 1.72. The molecular weight excluding hydrogens is 300 g/mol. The Morgan fingerprint density at radius 1 is 1.25 bits per heavy atom. The van der Waals surface area contributed by atoms with Crippen LogP contribution in [0.2, 0.25) is 0 Å². The van der Waals surface area contributed by atoms with Gasteiger partial charge in [-0.2, -0.15) is 0 Å². The van der Waals surface area contributed by atoms with Crippen molar-refractivity contribution in [2.45, 2.75) is 70.2 Å². The third-order valence-corrected chi connectivity index (χ3v) is 8.24. The molecule has 0 radical (unpaired) electrons. The molecule has 0 bridgehead atoms. The first-order chi connectivity index (χ1) is 11.3. The van der Waals surface area contributed by atoms with Crippen LogP contribution in [0.4, 0.5) is 0 Å². The van der Waals surface area contributed by atoms with Crippen LogP contribution in [0.1, 0.15) is 52.4 Å². The Hall–Kier alpha value is -0.820. The van der Waals surface area contributed by atoms with Gasteiger partial charge in [0.1, 0.15) is 5.60 Å². The van der Waals surface area contributed by atoms with Crippen molar-refractivity contribution in [1.82, 2.24) is 0 Å². The van der Waals surface area contributed by atoms with Crippen LogP contribution in [0.25, 0.3) is 0 Å². The number of hydrogen-bond donors (Lipinski definition) is 3. The van der Waals surface area contributed by atoms with Crippen LogP contribution in [0.3, 0.4) is 0 Å². The molecule has 0 aromatic rings. The minimum absolute atomic E-state index is 0.0713. The minimum atomic E-state index is -1.06. The quantitative estimate of drug-likeness (QED) is 0.472. The summed E-state index contributed by atoms with van der Waals surface area (Å²) in [6.07, 6.45) is 12.5. The van der Waals surface area contributed by atoms with E-state index in [1.807, 2.05) is 6.08 Å². The molecule has 0 amide bonds. The molecule has 4 rings (SSSR count). The minimum Gasteiger partial charge on any atom is -0.393 e. The summed E-state index contributed by atoms with van der Waals surface area (Å²) in [6.45, 7) is 4.21. The summed E-state index contributed by atoms with van der Waals surface area (Å²) in [6, 6.07) is 0. The first-order valence-corrected chi connectivity index (χ1v) is 9.58. The Bertz CT molecular complexity index is 605. The molecule has 3 N–H and O–H groups in total. The van der Waals surface area contributed by atoms with Crippen molar-refractivity contribution in [3.8, 4) is 12.3 Å². The fourth-order valence-electron chi connectivity index (χ4n) is 6.93. The molecule has 3 fully saturated rings. The van der Waals surface area contributed by atoms with Gasteiger partial charge in [-0.3, -0.25) is 0 Å². The zero-order valence-electron chi connectivity index (χ0n) is 14.8. The second-order valence-corrected chi connectivity index (χ2v) is 9.13. The van der Waals surface area contributed by atoms with E-state index in [0.29, 0.717) is 11.8 Å². The summed E-state index contributed by atoms with van der Waals surface area (Å²) < 4.78 is 0. The van der Waals surface area contributed by atoms with Crippen LogP contribution < -0.4 is 0 Å². The number of fused-ring (bicyclic) bond motifs is 5. The Morgan fingerprint density at radius 2 is 2.00 bits per heavy atom. The van der Waals surface area contributed by atoms with Gasteiger partial charge in [0.15, 0.2) is 0 Å². The summed E-state index contributed by atoms with van der Waals surface area (Å²) in [7, 11) is 0. The van der Waals surface area contributed by atoms with Gasteiger partial charge in [0.25, 0.3) is 0 Å². The van der Waals surface area contributed by atoms with Gasteiger partial charge in [-0.25, -0.2) is 0 Å². The predicted molar refractivity (Wildman–Crippen MR) is 92.8 cm³/mol. The highest BCUT2D eigenvalue weighted by Crippen LogP contribution is 2.65. The monoisotopic (exact) mass is 330 g/mol. The normalized spacial score (nSPS) is 56.5. The molecule has 3 saturated carbocycles. The molecule has 3 heteroatoms. The third kappa shape index (κ3) is 1.97. The standard InChI is InChI=1S/C21H30O3/c1-4-21(24)12(2)9-17-19-16(7-8-20(17,21)3)15-6-5-14(22)10-13(15)11-18(19)23/h1,11-12,14-19,22-24H,5-10H2,2-3H3/t12-,14-,15+,16?,17?,18+,19?,20+,21-/m1/s1. The Labute approximate surface area is 145 Å². The van der Waals surface area contributed by atoms with Crippen LogP contribution in [0, 0.1) is 47.3 Å². The largest absolute Gasteiger partial charge is 0.393 e. The highest BCUT2D eigenvalue weighted by atomic mass is 16.3. The van der Waals surface area contributed by atoms with Crippen LogP contribution in [0.15, 0.2) is 11.6 Å². The number of terminal acetylenes is 1. The van der Waals surface area contributed by atoms with Crippen molar-refractivity contribution < 1.29 is 15.3 Å². The van der Waals surface area contributed by atoms with E-state index in [0.717, 1.165) is 38.5 Å². The Kier molecular flexibility index (Phi) is 3.70. The highest BCUT2D eigenvalue weighted by Gasteiger charge is 2.65. The number of aliphatic hydroxyl groups is 3. The van der Waals surface area contributed by atoms with E-state index in [2.05, 4.69) is 19.8 Å². The molecule has 9 atom stereocenters. The van der Waals surface area contributed by atoms with Crippen molar-refractivity contribution in [3.05, 3.63) is 11.6 Å². The van der Waals surface area contributed by atoms with Gasteiger partial charge in [-0.05, 0) is 68.1 Å². The Morgan fingerprint density at radius 3 is 2.71 bits per heavy atom. The number of aliphatic hydroxyl groups excluding tert-OH is 2. The predicted octanol–water partition coefficient (Wildman–Crippen LogP) is 2.50.